The number of likely N-dealkylation sites (tertiary alicyclic amines) is 1. The normalized spacial score (nSPS) is 15.7. The highest BCUT2D eigenvalue weighted by Gasteiger charge is 2.24. The number of carbonyl (C=O) groups is 1. The Morgan fingerprint density at radius 3 is 2.62 bits per heavy atom. The number of carbonyl (C=O) groups excluding carboxylic acids is 1. The fraction of sp³-hybridized carbons (Fsp3) is 0.500. The van der Waals surface area contributed by atoms with Gasteiger partial charge in [-0.25, -0.2) is 0 Å². The van der Waals surface area contributed by atoms with Crippen molar-refractivity contribution in [3.8, 4) is 5.75 Å². The van der Waals surface area contributed by atoms with E-state index in [2.05, 4.69) is 10.2 Å². The van der Waals surface area contributed by atoms with E-state index in [0.29, 0.717) is 17.5 Å². The van der Waals surface area contributed by atoms with E-state index in [9.17, 15) is 4.79 Å². The zero-order chi connectivity index (χ0) is 18.5. The molecule has 1 aromatic heterocycles. The van der Waals surface area contributed by atoms with Crippen molar-refractivity contribution in [3.05, 3.63) is 35.1 Å². The van der Waals surface area contributed by atoms with Gasteiger partial charge >= 0.3 is 0 Å². The first kappa shape index (κ1) is 19.0. The lowest BCUT2D eigenvalue weighted by atomic mass is 10.1. The molecule has 0 spiro atoms. The molecule has 6 nitrogen and oxygen atoms in total. The Balaban J connectivity index is 1.57. The molecule has 0 bridgehead atoms. The maximum atomic E-state index is 12.6. The van der Waals surface area contributed by atoms with Gasteiger partial charge < -0.3 is 14.2 Å². The lowest BCUT2D eigenvalue weighted by Crippen LogP contribution is -2.40. The summed E-state index contributed by atoms with van der Waals surface area (Å²) in [4.78, 5) is 14.5. The van der Waals surface area contributed by atoms with Gasteiger partial charge in [0, 0.05) is 25.2 Å². The summed E-state index contributed by atoms with van der Waals surface area (Å²) in [7, 11) is 1.89. The van der Waals surface area contributed by atoms with Crippen LogP contribution in [0.4, 0.5) is 0 Å². The number of piperidine rings is 1. The van der Waals surface area contributed by atoms with Crippen LogP contribution in [0.5, 0.6) is 5.75 Å². The van der Waals surface area contributed by atoms with Crippen molar-refractivity contribution in [2.24, 2.45) is 7.05 Å². The van der Waals surface area contributed by atoms with Crippen LogP contribution in [-0.2, 0) is 18.4 Å². The first-order chi connectivity index (χ1) is 12.5. The zero-order valence-electron chi connectivity index (χ0n) is 15.0. The summed E-state index contributed by atoms with van der Waals surface area (Å²) in [5.74, 6) is 1.61. The molecule has 1 atom stereocenters. The molecule has 0 saturated carbocycles. The van der Waals surface area contributed by atoms with Crippen LogP contribution in [0.2, 0.25) is 5.02 Å². The molecule has 26 heavy (non-hydrogen) atoms. The second-order valence-electron chi connectivity index (χ2n) is 6.35. The Bertz CT molecular complexity index is 744. The summed E-state index contributed by atoms with van der Waals surface area (Å²) in [5.41, 5.74) is 0. The second-order valence-corrected chi connectivity index (χ2v) is 8.09. The Kier molecular flexibility index (Phi) is 6.43. The van der Waals surface area contributed by atoms with Gasteiger partial charge in [-0.15, -0.1) is 10.2 Å². The van der Waals surface area contributed by atoms with Gasteiger partial charge in [0.15, 0.2) is 11.0 Å². The van der Waals surface area contributed by atoms with E-state index in [1.54, 1.807) is 12.1 Å². The Labute approximate surface area is 162 Å². The van der Waals surface area contributed by atoms with E-state index < -0.39 is 0 Å². The first-order valence-electron chi connectivity index (χ1n) is 8.76. The maximum absolute atomic E-state index is 12.6. The average molecular weight is 395 g/mol. The fourth-order valence-corrected chi connectivity index (χ4v) is 3.88. The molecule has 0 unspecified atom stereocenters. The molecule has 140 valence electrons. The first-order valence-corrected chi connectivity index (χ1v) is 10.0. The third kappa shape index (κ3) is 4.71. The second kappa shape index (κ2) is 8.77. The number of amides is 1. The molecular weight excluding hydrogens is 372 g/mol. The van der Waals surface area contributed by atoms with Crippen LogP contribution in [-0.4, -0.2) is 43.9 Å². The molecule has 0 aliphatic carbocycles. The predicted molar refractivity (Wildman–Crippen MR) is 103 cm³/mol. The number of rotatable bonds is 6. The van der Waals surface area contributed by atoms with Gasteiger partial charge in [-0.1, -0.05) is 23.4 Å². The molecule has 0 radical (unpaired) electrons. The molecule has 2 aromatic rings. The fourth-order valence-electron chi connectivity index (χ4n) is 2.83. The van der Waals surface area contributed by atoms with Crippen molar-refractivity contribution < 1.29 is 9.53 Å². The number of nitrogens with zero attached hydrogens (tertiary/aromatic N) is 4. The Hall–Kier alpha value is -1.73. The molecule has 1 fully saturated rings. The Morgan fingerprint density at radius 2 is 1.92 bits per heavy atom. The van der Waals surface area contributed by atoms with Crippen LogP contribution in [0.3, 0.4) is 0 Å². The lowest BCUT2D eigenvalue weighted by molar-refractivity contribution is -0.131. The summed E-state index contributed by atoms with van der Waals surface area (Å²) in [6.45, 7) is 3.96. The quantitative estimate of drug-likeness (QED) is 0.701. The van der Waals surface area contributed by atoms with Gasteiger partial charge in [-0.3, -0.25) is 4.79 Å². The summed E-state index contributed by atoms with van der Waals surface area (Å²) < 4.78 is 7.60. The van der Waals surface area contributed by atoms with Crippen LogP contribution in [0.25, 0.3) is 0 Å². The van der Waals surface area contributed by atoms with E-state index in [-0.39, 0.29) is 11.2 Å². The smallest absolute Gasteiger partial charge is 0.235 e. The summed E-state index contributed by atoms with van der Waals surface area (Å²) in [6, 6.07) is 7.19. The van der Waals surface area contributed by atoms with Gasteiger partial charge in [0.25, 0.3) is 0 Å². The van der Waals surface area contributed by atoms with Crippen LogP contribution < -0.4 is 4.74 Å². The molecule has 1 amide bonds. The van der Waals surface area contributed by atoms with Crippen molar-refractivity contribution in [1.29, 1.82) is 0 Å². The van der Waals surface area contributed by atoms with Crippen molar-refractivity contribution in [3.63, 3.8) is 0 Å². The minimum atomic E-state index is -0.180. The van der Waals surface area contributed by atoms with Crippen molar-refractivity contribution in [1.82, 2.24) is 19.7 Å². The third-order valence-electron chi connectivity index (χ3n) is 4.40. The number of benzene rings is 1. The van der Waals surface area contributed by atoms with E-state index in [0.717, 1.165) is 36.8 Å². The number of aromatic nitrogens is 3. The molecule has 3 rings (SSSR count). The summed E-state index contributed by atoms with van der Waals surface area (Å²) >= 11 is 7.31. The van der Waals surface area contributed by atoms with Crippen LogP contribution in [0, 0.1) is 0 Å². The molecule has 0 N–H and O–H groups in total. The average Bonchev–Trinajstić information content (AvgIpc) is 3.01. The van der Waals surface area contributed by atoms with Crippen molar-refractivity contribution >= 4 is 29.3 Å². The molecular formula is C18H23ClN4O2S. The molecule has 1 saturated heterocycles. The van der Waals surface area contributed by atoms with Gasteiger partial charge in [0.05, 0.1) is 5.25 Å². The predicted octanol–water partition coefficient (Wildman–Crippen LogP) is 3.54. The van der Waals surface area contributed by atoms with Gasteiger partial charge in [0.1, 0.15) is 12.4 Å². The lowest BCUT2D eigenvalue weighted by Gasteiger charge is -2.28. The topological polar surface area (TPSA) is 60.3 Å². The van der Waals surface area contributed by atoms with E-state index in [1.807, 2.05) is 35.6 Å². The van der Waals surface area contributed by atoms with E-state index in [1.165, 1.54) is 18.2 Å². The molecule has 8 heteroatoms. The van der Waals surface area contributed by atoms with E-state index in [4.69, 9.17) is 16.3 Å². The zero-order valence-corrected chi connectivity index (χ0v) is 16.6. The van der Waals surface area contributed by atoms with Crippen molar-refractivity contribution in [2.75, 3.05) is 13.1 Å². The highest BCUT2D eigenvalue weighted by Crippen LogP contribution is 2.24. The van der Waals surface area contributed by atoms with Gasteiger partial charge in [-0.05, 0) is 50.5 Å². The monoisotopic (exact) mass is 394 g/mol. The van der Waals surface area contributed by atoms with Gasteiger partial charge in [-0.2, -0.15) is 0 Å². The number of ether oxygens (including phenoxy) is 1. The van der Waals surface area contributed by atoms with Crippen LogP contribution in [0.15, 0.2) is 29.4 Å². The SMILES string of the molecule is C[C@H](Sc1nnc(COc2ccc(Cl)cc2)n1C)C(=O)N1CCCCC1. The molecule has 1 aliphatic rings. The third-order valence-corrected chi connectivity index (χ3v) is 5.78. The maximum Gasteiger partial charge on any atom is 0.235 e. The largest absolute Gasteiger partial charge is 0.486 e. The molecule has 1 aromatic carbocycles. The van der Waals surface area contributed by atoms with Gasteiger partial charge in [0.2, 0.25) is 5.91 Å². The van der Waals surface area contributed by atoms with Crippen LogP contribution in [0.1, 0.15) is 32.0 Å². The summed E-state index contributed by atoms with van der Waals surface area (Å²) in [6.07, 6.45) is 3.41. The highest BCUT2D eigenvalue weighted by atomic mass is 35.5. The number of halogens is 1. The molecule has 1 aliphatic heterocycles. The number of hydrogen-bond donors (Lipinski definition) is 0. The standard InChI is InChI=1S/C18H23ClN4O2S/c1-13(17(24)23-10-4-3-5-11-23)26-18-21-20-16(22(18)2)12-25-15-8-6-14(19)7-9-15/h6-9,13H,3-5,10-12H2,1-2H3/t13-/m0/s1. The summed E-state index contributed by atoms with van der Waals surface area (Å²) in [5, 5.41) is 9.61. The van der Waals surface area contributed by atoms with E-state index >= 15 is 0 Å². The number of thioether (sulfide) groups is 1. The Morgan fingerprint density at radius 1 is 1.23 bits per heavy atom. The van der Waals surface area contributed by atoms with Crippen molar-refractivity contribution in [2.45, 2.75) is 43.2 Å². The van der Waals surface area contributed by atoms with Crippen LogP contribution >= 0.6 is 23.4 Å². The molecule has 2 heterocycles. The minimum Gasteiger partial charge on any atom is -0.486 e. The number of hydrogen-bond acceptors (Lipinski definition) is 5. The highest BCUT2D eigenvalue weighted by molar-refractivity contribution is 8.00. The minimum absolute atomic E-state index is 0.177.